The first kappa shape index (κ1) is 17.0. The number of rotatable bonds is 7. The van der Waals surface area contributed by atoms with Gasteiger partial charge in [-0.2, -0.15) is 0 Å². The molecule has 0 radical (unpaired) electrons. The number of sulfone groups is 1. The molecule has 1 N–H and O–H groups in total. The van der Waals surface area contributed by atoms with E-state index in [-0.39, 0.29) is 5.75 Å². The second-order valence-electron chi connectivity index (χ2n) is 5.06. The zero-order valence-corrected chi connectivity index (χ0v) is 15.0. The Hall–Kier alpha value is -1.33. The summed E-state index contributed by atoms with van der Waals surface area (Å²) < 4.78 is 24.5. The molecule has 0 saturated carbocycles. The molecule has 118 valence electrons. The molecule has 0 bridgehead atoms. The van der Waals surface area contributed by atoms with Crippen LogP contribution in [0.25, 0.3) is 0 Å². The summed E-state index contributed by atoms with van der Waals surface area (Å²) in [6.45, 7) is 2.49. The van der Waals surface area contributed by atoms with Crippen LogP contribution in [0.5, 0.6) is 0 Å². The van der Waals surface area contributed by atoms with E-state index in [4.69, 9.17) is 0 Å². The third-order valence-electron chi connectivity index (χ3n) is 3.48. The molecule has 0 spiro atoms. The Morgan fingerprint density at radius 1 is 1.09 bits per heavy atom. The van der Waals surface area contributed by atoms with Gasteiger partial charge in [-0.1, -0.05) is 37.3 Å². The molecule has 0 aliphatic rings. The summed E-state index contributed by atoms with van der Waals surface area (Å²) in [7, 11) is -3.16. The highest BCUT2D eigenvalue weighted by Gasteiger charge is 2.13. The van der Waals surface area contributed by atoms with Gasteiger partial charge >= 0.3 is 0 Å². The lowest BCUT2D eigenvalue weighted by Gasteiger charge is -2.10. The first-order valence-corrected chi connectivity index (χ1v) is 9.77. The molecule has 2 aromatic carbocycles. The number of hydrogen-bond acceptors (Lipinski definition) is 3. The fourth-order valence-electron chi connectivity index (χ4n) is 2.16. The number of hydrogen-bond donors (Lipinski definition) is 1. The van der Waals surface area contributed by atoms with Gasteiger partial charge in [0.25, 0.3) is 0 Å². The van der Waals surface area contributed by atoms with Crippen LogP contribution in [-0.2, 0) is 16.3 Å². The van der Waals surface area contributed by atoms with E-state index in [1.54, 1.807) is 19.1 Å². The van der Waals surface area contributed by atoms with Crippen LogP contribution in [-0.4, -0.2) is 20.7 Å². The lowest BCUT2D eigenvalue weighted by Crippen LogP contribution is -2.06. The van der Waals surface area contributed by atoms with Crippen LogP contribution in [0, 0.1) is 0 Å². The second-order valence-corrected chi connectivity index (χ2v) is 8.19. The Morgan fingerprint density at radius 2 is 1.82 bits per heavy atom. The van der Waals surface area contributed by atoms with E-state index in [2.05, 4.69) is 33.4 Å². The van der Waals surface area contributed by atoms with Crippen molar-refractivity contribution in [1.82, 2.24) is 0 Å². The molecule has 0 atom stereocenters. The van der Waals surface area contributed by atoms with Gasteiger partial charge in [0, 0.05) is 16.7 Å². The van der Waals surface area contributed by atoms with Crippen LogP contribution in [0.4, 0.5) is 5.69 Å². The topological polar surface area (TPSA) is 46.2 Å². The second kappa shape index (κ2) is 7.79. The average molecular weight is 382 g/mol. The van der Waals surface area contributed by atoms with Gasteiger partial charge in [-0.3, -0.25) is 0 Å². The zero-order valence-electron chi connectivity index (χ0n) is 12.5. The normalized spacial score (nSPS) is 11.4. The molecule has 0 aromatic heterocycles. The van der Waals surface area contributed by atoms with Crippen molar-refractivity contribution in [2.75, 3.05) is 17.6 Å². The van der Waals surface area contributed by atoms with Crippen LogP contribution in [0.15, 0.2) is 57.9 Å². The average Bonchev–Trinajstić information content (AvgIpc) is 2.53. The summed E-state index contributed by atoms with van der Waals surface area (Å²) in [5.74, 6) is 0.114. The summed E-state index contributed by atoms with van der Waals surface area (Å²) in [4.78, 5) is 0.358. The minimum absolute atomic E-state index is 0.114. The van der Waals surface area contributed by atoms with Crippen molar-refractivity contribution in [3.05, 3.63) is 58.6 Å². The van der Waals surface area contributed by atoms with Gasteiger partial charge in [-0.25, -0.2) is 8.42 Å². The quantitative estimate of drug-likeness (QED) is 0.727. The van der Waals surface area contributed by atoms with Gasteiger partial charge in [0.1, 0.15) is 0 Å². The summed E-state index contributed by atoms with van der Waals surface area (Å²) in [5.41, 5.74) is 2.25. The molecule has 0 heterocycles. The lowest BCUT2D eigenvalue weighted by molar-refractivity contribution is 0.597. The van der Waals surface area contributed by atoms with Crippen LogP contribution >= 0.6 is 15.9 Å². The standard InChI is InChI=1S/C17H20BrNO2S/c1-2-22(20,21)15-10-11-17(16(18)13-15)19-12-6-9-14-7-4-3-5-8-14/h3-5,7-8,10-11,13,19H,2,6,9,12H2,1H3. The van der Waals surface area contributed by atoms with E-state index in [9.17, 15) is 8.42 Å². The molecule has 3 nitrogen and oxygen atoms in total. The van der Waals surface area contributed by atoms with Gasteiger partial charge in [0.05, 0.1) is 10.6 Å². The van der Waals surface area contributed by atoms with Crippen LogP contribution in [0.1, 0.15) is 18.9 Å². The highest BCUT2D eigenvalue weighted by molar-refractivity contribution is 9.10. The Labute approximate surface area is 140 Å². The molecule has 0 aliphatic heterocycles. The number of aryl methyl sites for hydroxylation is 1. The van der Waals surface area contributed by atoms with Gasteiger partial charge < -0.3 is 5.32 Å². The van der Waals surface area contributed by atoms with E-state index in [0.29, 0.717) is 4.90 Å². The van der Waals surface area contributed by atoms with Gasteiger partial charge in [-0.05, 0) is 52.5 Å². The van der Waals surface area contributed by atoms with E-state index in [1.807, 2.05) is 24.3 Å². The molecule has 0 saturated heterocycles. The number of halogens is 1. The van der Waals surface area contributed by atoms with Crippen molar-refractivity contribution in [2.24, 2.45) is 0 Å². The maximum atomic E-state index is 11.8. The fraction of sp³-hybridized carbons (Fsp3) is 0.294. The van der Waals surface area contributed by atoms with Crippen molar-refractivity contribution in [1.29, 1.82) is 0 Å². The summed E-state index contributed by atoms with van der Waals surface area (Å²) >= 11 is 3.44. The molecule has 5 heteroatoms. The third kappa shape index (κ3) is 4.58. The molecule has 2 rings (SSSR count). The zero-order chi connectivity index (χ0) is 16.0. The van der Waals surface area contributed by atoms with E-state index in [1.165, 1.54) is 5.56 Å². The van der Waals surface area contributed by atoms with Gasteiger partial charge in [0.15, 0.2) is 9.84 Å². The lowest BCUT2D eigenvalue weighted by atomic mass is 10.1. The summed E-state index contributed by atoms with van der Waals surface area (Å²) in [5, 5.41) is 3.34. The molecule has 0 unspecified atom stereocenters. The van der Waals surface area contributed by atoms with Crippen molar-refractivity contribution in [3.63, 3.8) is 0 Å². The smallest absolute Gasteiger partial charge is 0.178 e. The SMILES string of the molecule is CCS(=O)(=O)c1ccc(NCCCc2ccccc2)c(Br)c1. The fourth-order valence-corrected chi connectivity index (χ4v) is 3.74. The van der Waals surface area contributed by atoms with Crippen molar-refractivity contribution < 1.29 is 8.42 Å². The Bertz CT molecular complexity index is 715. The monoisotopic (exact) mass is 381 g/mol. The Balaban J connectivity index is 1.91. The van der Waals surface area contributed by atoms with Crippen molar-refractivity contribution in [3.8, 4) is 0 Å². The maximum absolute atomic E-state index is 11.8. The maximum Gasteiger partial charge on any atom is 0.178 e. The van der Waals surface area contributed by atoms with E-state index in [0.717, 1.165) is 29.5 Å². The minimum atomic E-state index is -3.16. The first-order chi connectivity index (χ1) is 10.5. The molecular weight excluding hydrogens is 362 g/mol. The highest BCUT2D eigenvalue weighted by atomic mass is 79.9. The number of benzene rings is 2. The molecule has 22 heavy (non-hydrogen) atoms. The molecular formula is C17H20BrNO2S. The number of anilines is 1. The Kier molecular flexibility index (Phi) is 6.03. The number of nitrogens with one attached hydrogen (secondary N) is 1. The van der Waals surface area contributed by atoms with Crippen molar-refractivity contribution >= 4 is 31.5 Å². The summed E-state index contributed by atoms with van der Waals surface area (Å²) in [6.07, 6.45) is 2.04. The Morgan fingerprint density at radius 3 is 2.45 bits per heavy atom. The van der Waals surface area contributed by atoms with Crippen molar-refractivity contribution in [2.45, 2.75) is 24.7 Å². The molecule has 2 aromatic rings. The van der Waals surface area contributed by atoms with Gasteiger partial charge in [-0.15, -0.1) is 0 Å². The molecule has 0 fully saturated rings. The predicted octanol–water partition coefficient (Wildman–Crippen LogP) is 4.29. The predicted molar refractivity (Wildman–Crippen MR) is 95.1 cm³/mol. The molecule has 0 aliphatic carbocycles. The van der Waals surface area contributed by atoms with Gasteiger partial charge in [0.2, 0.25) is 0 Å². The highest BCUT2D eigenvalue weighted by Crippen LogP contribution is 2.26. The summed E-state index contributed by atoms with van der Waals surface area (Å²) in [6, 6.07) is 15.5. The van der Waals surface area contributed by atoms with E-state index >= 15 is 0 Å². The molecule has 0 amide bonds. The van der Waals surface area contributed by atoms with Crippen LogP contribution < -0.4 is 5.32 Å². The third-order valence-corrected chi connectivity index (χ3v) is 5.87. The first-order valence-electron chi connectivity index (χ1n) is 7.33. The van der Waals surface area contributed by atoms with Crippen LogP contribution in [0.2, 0.25) is 0 Å². The minimum Gasteiger partial charge on any atom is -0.384 e. The van der Waals surface area contributed by atoms with Crippen LogP contribution in [0.3, 0.4) is 0 Å². The largest absolute Gasteiger partial charge is 0.384 e. The van der Waals surface area contributed by atoms with E-state index < -0.39 is 9.84 Å².